The van der Waals surface area contributed by atoms with E-state index in [0.717, 1.165) is 15.5 Å². The van der Waals surface area contributed by atoms with E-state index >= 15 is 0 Å². The van der Waals surface area contributed by atoms with Crippen LogP contribution in [-0.4, -0.2) is 50.8 Å². The summed E-state index contributed by atoms with van der Waals surface area (Å²) < 4.78 is 0. The predicted molar refractivity (Wildman–Crippen MR) is 67.8 cm³/mol. The third-order valence-corrected chi connectivity index (χ3v) is 4.01. The molecule has 1 saturated heterocycles. The Morgan fingerprint density at radius 1 is 1.63 bits per heavy atom. The summed E-state index contributed by atoms with van der Waals surface area (Å²) in [6, 6.07) is -1.44. The van der Waals surface area contributed by atoms with Crippen molar-refractivity contribution in [1.29, 1.82) is 0 Å². The third-order valence-electron chi connectivity index (χ3n) is 3.07. The van der Waals surface area contributed by atoms with Crippen LogP contribution in [0.15, 0.2) is 5.51 Å². The second-order valence-corrected chi connectivity index (χ2v) is 5.35. The number of carbonyl (C=O) groups is 2. The van der Waals surface area contributed by atoms with Gasteiger partial charge in [-0.2, -0.15) is 0 Å². The third kappa shape index (κ3) is 3.02. The van der Waals surface area contributed by atoms with Crippen molar-refractivity contribution < 1.29 is 19.8 Å². The lowest BCUT2D eigenvalue weighted by molar-refractivity contribution is -0.141. The number of hydrogen-bond donors (Lipinski definition) is 3. The number of hydrogen-bond acceptors (Lipinski definition) is 5. The number of aliphatic hydroxyl groups excluding tert-OH is 1. The first-order valence-electron chi connectivity index (χ1n) is 5.83. The van der Waals surface area contributed by atoms with Crippen LogP contribution in [0.25, 0.3) is 0 Å². The molecule has 0 radical (unpaired) electrons. The van der Waals surface area contributed by atoms with Crippen LogP contribution in [0.4, 0.5) is 4.79 Å². The fourth-order valence-electron chi connectivity index (χ4n) is 2.03. The molecule has 3 N–H and O–H groups in total. The molecule has 0 aliphatic carbocycles. The van der Waals surface area contributed by atoms with Gasteiger partial charge in [-0.1, -0.05) is 0 Å². The minimum absolute atomic E-state index is 0.0461. The number of nitrogens with zero attached hydrogens (tertiary/aromatic N) is 2. The lowest BCUT2D eigenvalue weighted by Gasteiger charge is -2.21. The molecule has 7 nitrogen and oxygen atoms in total. The summed E-state index contributed by atoms with van der Waals surface area (Å²) in [4.78, 5) is 29.1. The Hall–Kier alpha value is -1.67. The molecular weight excluding hydrogens is 270 g/mol. The summed E-state index contributed by atoms with van der Waals surface area (Å²) in [7, 11) is 0. The van der Waals surface area contributed by atoms with Crippen molar-refractivity contribution in [1.82, 2.24) is 15.2 Å². The van der Waals surface area contributed by atoms with E-state index in [1.54, 1.807) is 5.51 Å². The quantitative estimate of drug-likeness (QED) is 0.735. The fourth-order valence-corrected chi connectivity index (χ4v) is 2.74. The molecule has 2 atom stereocenters. The molecule has 1 aromatic heterocycles. The number of thiazole rings is 1. The summed E-state index contributed by atoms with van der Waals surface area (Å²) in [6.45, 7) is 2.20. The summed E-state index contributed by atoms with van der Waals surface area (Å²) in [5, 5.41) is 21.1. The van der Waals surface area contributed by atoms with Crippen LogP contribution in [0.3, 0.4) is 0 Å². The summed E-state index contributed by atoms with van der Waals surface area (Å²) >= 11 is 1.43. The van der Waals surface area contributed by atoms with Crippen molar-refractivity contribution in [3.05, 3.63) is 16.1 Å². The molecule has 2 heterocycles. The predicted octanol–water partition coefficient (Wildman–Crippen LogP) is 0.181. The van der Waals surface area contributed by atoms with Crippen molar-refractivity contribution >= 4 is 23.3 Å². The monoisotopic (exact) mass is 285 g/mol. The first kappa shape index (κ1) is 13.8. The zero-order valence-electron chi connectivity index (χ0n) is 10.4. The van der Waals surface area contributed by atoms with E-state index in [0.29, 0.717) is 6.54 Å². The Labute approximate surface area is 113 Å². The molecule has 1 aromatic rings. The van der Waals surface area contributed by atoms with Crippen LogP contribution in [0.2, 0.25) is 0 Å². The van der Waals surface area contributed by atoms with Gasteiger partial charge in [0, 0.05) is 17.8 Å². The first-order valence-corrected chi connectivity index (χ1v) is 6.71. The maximum absolute atomic E-state index is 11.9. The average Bonchev–Trinajstić information content (AvgIpc) is 2.92. The molecule has 1 aliphatic rings. The number of rotatable bonds is 3. The normalized spacial score (nSPS) is 22.5. The molecule has 8 heteroatoms. The zero-order chi connectivity index (χ0) is 14.0. The molecule has 2 rings (SSSR count). The van der Waals surface area contributed by atoms with Gasteiger partial charge in [0.15, 0.2) is 0 Å². The Kier molecular flexibility index (Phi) is 4.01. The van der Waals surface area contributed by atoms with Crippen molar-refractivity contribution in [3.8, 4) is 0 Å². The van der Waals surface area contributed by atoms with Gasteiger partial charge in [0.2, 0.25) is 0 Å². The highest BCUT2D eigenvalue weighted by Crippen LogP contribution is 2.18. The maximum Gasteiger partial charge on any atom is 0.326 e. The number of aryl methyl sites for hydroxylation is 1. The molecule has 104 valence electrons. The SMILES string of the molecule is Cc1ncsc1CNC(=O)N1C[C@H](O)C[C@H]1C(=O)O. The lowest BCUT2D eigenvalue weighted by Crippen LogP contribution is -2.45. The molecule has 0 spiro atoms. The molecule has 0 saturated carbocycles. The number of amides is 2. The van der Waals surface area contributed by atoms with Gasteiger partial charge in [-0.15, -0.1) is 11.3 Å². The lowest BCUT2D eigenvalue weighted by atomic mass is 10.2. The highest BCUT2D eigenvalue weighted by molar-refractivity contribution is 7.09. The number of urea groups is 1. The van der Waals surface area contributed by atoms with Crippen LogP contribution >= 0.6 is 11.3 Å². The van der Waals surface area contributed by atoms with E-state index < -0.39 is 24.1 Å². The summed E-state index contributed by atoms with van der Waals surface area (Å²) in [5.41, 5.74) is 2.54. The van der Waals surface area contributed by atoms with Crippen molar-refractivity contribution in [2.45, 2.75) is 32.0 Å². The average molecular weight is 285 g/mol. The van der Waals surface area contributed by atoms with Gasteiger partial charge in [0.1, 0.15) is 6.04 Å². The molecular formula is C11H15N3O4S. The van der Waals surface area contributed by atoms with E-state index in [4.69, 9.17) is 5.11 Å². The Morgan fingerprint density at radius 2 is 2.37 bits per heavy atom. The van der Waals surface area contributed by atoms with Crippen LogP contribution in [-0.2, 0) is 11.3 Å². The number of carboxylic acid groups (broad SMARTS) is 1. The topological polar surface area (TPSA) is 103 Å². The van der Waals surface area contributed by atoms with Crippen molar-refractivity contribution in [2.24, 2.45) is 0 Å². The van der Waals surface area contributed by atoms with Gasteiger partial charge < -0.3 is 20.4 Å². The van der Waals surface area contributed by atoms with Crippen LogP contribution in [0.1, 0.15) is 17.0 Å². The number of carbonyl (C=O) groups excluding carboxylic acids is 1. The largest absolute Gasteiger partial charge is 0.480 e. The standard InChI is InChI=1S/C11H15N3O4S/c1-6-9(19-5-13-6)3-12-11(18)14-4-7(15)2-8(14)10(16)17/h5,7-8,15H,2-4H2,1H3,(H,12,18)(H,16,17)/t7-,8+/m1/s1. The molecule has 0 unspecified atom stereocenters. The molecule has 1 fully saturated rings. The second kappa shape index (κ2) is 5.54. The van der Waals surface area contributed by atoms with Gasteiger partial charge in [-0.25, -0.2) is 14.6 Å². The maximum atomic E-state index is 11.9. The van der Waals surface area contributed by atoms with Gasteiger partial charge in [0.25, 0.3) is 0 Å². The fraction of sp³-hybridized carbons (Fsp3) is 0.545. The van der Waals surface area contributed by atoms with E-state index in [9.17, 15) is 14.7 Å². The number of nitrogens with one attached hydrogen (secondary N) is 1. The second-order valence-electron chi connectivity index (χ2n) is 4.42. The number of aliphatic carboxylic acids is 1. The molecule has 0 bridgehead atoms. The van der Waals surface area contributed by atoms with E-state index in [1.165, 1.54) is 11.3 Å². The summed E-state index contributed by atoms with van der Waals surface area (Å²) in [6.07, 6.45) is -0.709. The van der Waals surface area contributed by atoms with E-state index in [1.807, 2.05) is 6.92 Å². The first-order chi connectivity index (χ1) is 8.99. The van der Waals surface area contributed by atoms with Gasteiger partial charge in [0.05, 0.1) is 23.9 Å². The van der Waals surface area contributed by atoms with Crippen LogP contribution < -0.4 is 5.32 Å². The smallest absolute Gasteiger partial charge is 0.326 e. The Balaban J connectivity index is 1.96. The molecule has 19 heavy (non-hydrogen) atoms. The highest BCUT2D eigenvalue weighted by atomic mass is 32.1. The van der Waals surface area contributed by atoms with Gasteiger partial charge in [-0.05, 0) is 6.92 Å². The Bertz CT molecular complexity index is 490. The van der Waals surface area contributed by atoms with E-state index in [2.05, 4.69) is 10.3 Å². The number of carboxylic acids is 1. The minimum Gasteiger partial charge on any atom is -0.480 e. The summed E-state index contributed by atoms with van der Waals surface area (Å²) in [5.74, 6) is -1.10. The van der Waals surface area contributed by atoms with E-state index in [-0.39, 0.29) is 13.0 Å². The minimum atomic E-state index is -1.10. The molecule has 2 amide bonds. The van der Waals surface area contributed by atoms with Crippen molar-refractivity contribution in [3.63, 3.8) is 0 Å². The van der Waals surface area contributed by atoms with Crippen molar-refractivity contribution in [2.75, 3.05) is 6.54 Å². The number of aromatic nitrogens is 1. The molecule has 1 aliphatic heterocycles. The zero-order valence-corrected chi connectivity index (χ0v) is 11.2. The number of likely N-dealkylation sites (tertiary alicyclic amines) is 1. The van der Waals surface area contributed by atoms with Crippen LogP contribution in [0, 0.1) is 6.92 Å². The highest BCUT2D eigenvalue weighted by Gasteiger charge is 2.38. The van der Waals surface area contributed by atoms with Gasteiger partial charge in [-0.3, -0.25) is 0 Å². The van der Waals surface area contributed by atoms with Gasteiger partial charge >= 0.3 is 12.0 Å². The Morgan fingerprint density at radius 3 is 2.95 bits per heavy atom. The number of aliphatic hydroxyl groups is 1. The number of β-amino-alcohol motifs (C(OH)–C–C–N with tert-alkyl or cyclic N) is 1. The van der Waals surface area contributed by atoms with Crippen LogP contribution in [0.5, 0.6) is 0 Å². The molecule has 0 aromatic carbocycles.